The SMILES string of the molecule is CCCn1cnc2c(NCC3CC3)nc(N[C@H](CC)CO)nc21. The molecule has 0 amide bonds. The summed E-state index contributed by atoms with van der Waals surface area (Å²) in [6.45, 7) is 6.05. The van der Waals surface area contributed by atoms with E-state index < -0.39 is 0 Å². The van der Waals surface area contributed by atoms with E-state index in [0.717, 1.165) is 48.8 Å². The van der Waals surface area contributed by atoms with Crippen molar-refractivity contribution in [3.05, 3.63) is 6.33 Å². The maximum atomic E-state index is 9.40. The van der Waals surface area contributed by atoms with Crippen LogP contribution in [0.1, 0.15) is 39.5 Å². The summed E-state index contributed by atoms with van der Waals surface area (Å²) in [7, 11) is 0. The molecule has 1 fully saturated rings. The van der Waals surface area contributed by atoms with Gasteiger partial charge in [0.2, 0.25) is 5.95 Å². The third kappa shape index (κ3) is 3.72. The van der Waals surface area contributed by atoms with E-state index in [1.807, 2.05) is 13.3 Å². The highest BCUT2D eigenvalue weighted by Gasteiger charge is 2.22. The number of fused-ring (bicyclic) bond motifs is 1. The van der Waals surface area contributed by atoms with Gasteiger partial charge >= 0.3 is 0 Å². The first-order valence-corrected chi connectivity index (χ1v) is 8.59. The summed E-state index contributed by atoms with van der Waals surface area (Å²) in [5, 5.41) is 16.0. The predicted octanol–water partition coefficient (Wildman–Crippen LogP) is 2.24. The summed E-state index contributed by atoms with van der Waals surface area (Å²) in [5.41, 5.74) is 1.66. The normalized spacial score (nSPS) is 15.8. The fourth-order valence-electron chi connectivity index (χ4n) is 2.56. The summed E-state index contributed by atoms with van der Waals surface area (Å²) in [6, 6.07) is -0.0359. The van der Waals surface area contributed by atoms with Crippen molar-refractivity contribution in [2.75, 3.05) is 23.8 Å². The second kappa shape index (κ2) is 7.12. The summed E-state index contributed by atoms with van der Waals surface area (Å²) in [5.74, 6) is 2.09. The zero-order chi connectivity index (χ0) is 16.2. The zero-order valence-corrected chi connectivity index (χ0v) is 13.9. The number of nitrogens with one attached hydrogen (secondary N) is 2. The standard InChI is InChI=1S/C16H26N6O/c1-3-7-22-10-18-13-14(17-8-11-5-6-11)20-16(21-15(13)22)19-12(4-2)9-23/h10-12,23H,3-9H2,1-2H3,(H2,17,19,20,21)/t12-/m1/s1. The van der Waals surface area contributed by atoms with Gasteiger partial charge in [0.25, 0.3) is 0 Å². The smallest absolute Gasteiger partial charge is 0.227 e. The number of anilines is 2. The number of aliphatic hydroxyl groups is 1. The molecule has 7 heteroatoms. The van der Waals surface area contributed by atoms with Crippen LogP contribution in [0.3, 0.4) is 0 Å². The van der Waals surface area contributed by atoms with E-state index in [0.29, 0.717) is 5.95 Å². The van der Waals surface area contributed by atoms with Crippen LogP contribution in [0.4, 0.5) is 11.8 Å². The highest BCUT2D eigenvalue weighted by Crippen LogP contribution is 2.30. The maximum Gasteiger partial charge on any atom is 0.227 e. The molecule has 1 aliphatic rings. The zero-order valence-electron chi connectivity index (χ0n) is 13.9. The van der Waals surface area contributed by atoms with Gasteiger partial charge in [0.05, 0.1) is 19.0 Å². The Bertz CT molecular complexity index is 647. The Morgan fingerprint density at radius 1 is 1.35 bits per heavy atom. The Kier molecular flexibility index (Phi) is 4.95. The van der Waals surface area contributed by atoms with Crippen LogP contribution in [0.25, 0.3) is 11.2 Å². The quantitative estimate of drug-likeness (QED) is 0.657. The van der Waals surface area contributed by atoms with E-state index >= 15 is 0 Å². The van der Waals surface area contributed by atoms with E-state index in [-0.39, 0.29) is 12.6 Å². The van der Waals surface area contributed by atoms with E-state index in [1.165, 1.54) is 12.8 Å². The van der Waals surface area contributed by atoms with Gasteiger partial charge in [-0.3, -0.25) is 0 Å². The first-order chi connectivity index (χ1) is 11.2. The van der Waals surface area contributed by atoms with Gasteiger partial charge in [0, 0.05) is 13.1 Å². The fraction of sp³-hybridized carbons (Fsp3) is 0.688. The molecule has 0 spiro atoms. The second-order valence-electron chi connectivity index (χ2n) is 6.26. The van der Waals surface area contributed by atoms with E-state index in [4.69, 9.17) is 0 Å². The molecule has 1 aliphatic carbocycles. The number of nitrogens with zero attached hydrogens (tertiary/aromatic N) is 4. The van der Waals surface area contributed by atoms with Crippen molar-refractivity contribution in [2.24, 2.45) is 5.92 Å². The molecule has 0 saturated heterocycles. The minimum atomic E-state index is -0.0359. The lowest BCUT2D eigenvalue weighted by Crippen LogP contribution is -2.24. The van der Waals surface area contributed by atoms with Gasteiger partial charge in [-0.05, 0) is 31.6 Å². The lowest BCUT2D eigenvalue weighted by molar-refractivity contribution is 0.271. The van der Waals surface area contributed by atoms with Crippen LogP contribution < -0.4 is 10.6 Å². The van der Waals surface area contributed by atoms with E-state index in [9.17, 15) is 5.11 Å². The number of aryl methyl sites for hydroxylation is 1. The van der Waals surface area contributed by atoms with Crippen LogP contribution in [-0.4, -0.2) is 43.8 Å². The molecular formula is C16H26N6O. The topological polar surface area (TPSA) is 87.9 Å². The molecule has 0 aromatic carbocycles. The molecule has 3 N–H and O–H groups in total. The first-order valence-electron chi connectivity index (χ1n) is 8.59. The molecule has 0 bridgehead atoms. The number of aliphatic hydroxyl groups excluding tert-OH is 1. The lowest BCUT2D eigenvalue weighted by atomic mass is 10.2. The summed E-state index contributed by atoms with van der Waals surface area (Å²) in [6.07, 6.45) is 6.25. The molecule has 2 aromatic rings. The van der Waals surface area contributed by atoms with Crippen LogP contribution >= 0.6 is 0 Å². The van der Waals surface area contributed by atoms with Crippen molar-refractivity contribution in [2.45, 2.75) is 52.1 Å². The van der Waals surface area contributed by atoms with Gasteiger partial charge in [-0.2, -0.15) is 9.97 Å². The first kappa shape index (κ1) is 16.0. The summed E-state index contributed by atoms with van der Waals surface area (Å²) in [4.78, 5) is 13.7. The van der Waals surface area contributed by atoms with Gasteiger partial charge in [-0.1, -0.05) is 13.8 Å². The number of hydrogen-bond acceptors (Lipinski definition) is 6. The Hall–Kier alpha value is -1.89. The van der Waals surface area contributed by atoms with Gasteiger partial charge in [0.1, 0.15) is 0 Å². The molecule has 3 rings (SSSR count). The molecule has 1 atom stereocenters. The molecule has 7 nitrogen and oxygen atoms in total. The maximum absolute atomic E-state index is 9.40. The van der Waals surface area contributed by atoms with Gasteiger partial charge in [-0.15, -0.1) is 0 Å². The van der Waals surface area contributed by atoms with Crippen LogP contribution in [-0.2, 0) is 6.54 Å². The van der Waals surface area contributed by atoms with Crippen molar-refractivity contribution >= 4 is 22.9 Å². The summed E-state index contributed by atoms with van der Waals surface area (Å²) < 4.78 is 2.06. The van der Waals surface area contributed by atoms with Crippen molar-refractivity contribution in [1.82, 2.24) is 19.5 Å². The Morgan fingerprint density at radius 3 is 2.83 bits per heavy atom. The largest absolute Gasteiger partial charge is 0.394 e. The molecule has 0 unspecified atom stereocenters. The van der Waals surface area contributed by atoms with Crippen molar-refractivity contribution in [1.29, 1.82) is 0 Å². The van der Waals surface area contributed by atoms with E-state index in [2.05, 4.69) is 37.1 Å². The van der Waals surface area contributed by atoms with Crippen molar-refractivity contribution < 1.29 is 5.11 Å². The molecular weight excluding hydrogens is 292 g/mol. The van der Waals surface area contributed by atoms with Crippen LogP contribution in [0, 0.1) is 5.92 Å². The highest BCUT2D eigenvalue weighted by molar-refractivity contribution is 5.84. The third-order valence-electron chi connectivity index (χ3n) is 4.23. The van der Waals surface area contributed by atoms with Gasteiger partial charge in [0.15, 0.2) is 17.0 Å². The predicted molar refractivity (Wildman–Crippen MR) is 91.6 cm³/mol. The van der Waals surface area contributed by atoms with Gasteiger partial charge < -0.3 is 20.3 Å². The monoisotopic (exact) mass is 318 g/mol. The molecule has 0 aliphatic heterocycles. The van der Waals surface area contributed by atoms with Crippen LogP contribution in [0.15, 0.2) is 6.33 Å². The molecule has 2 aromatic heterocycles. The second-order valence-corrected chi connectivity index (χ2v) is 6.26. The third-order valence-corrected chi connectivity index (χ3v) is 4.23. The molecule has 23 heavy (non-hydrogen) atoms. The average molecular weight is 318 g/mol. The van der Waals surface area contributed by atoms with Gasteiger partial charge in [-0.25, -0.2) is 4.98 Å². The average Bonchev–Trinajstić information content (AvgIpc) is 3.31. The number of imidazole rings is 1. The van der Waals surface area contributed by atoms with Crippen LogP contribution in [0.2, 0.25) is 0 Å². The highest BCUT2D eigenvalue weighted by atomic mass is 16.3. The molecule has 1 saturated carbocycles. The fourth-order valence-corrected chi connectivity index (χ4v) is 2.56. The minimum absolute atomic E-state index is 0.0359. The number of rotatable bonds is 9. The molecule has 0 radical (unpaired) electrons. The van der Waals surface area contributed by atoms with Crippen LogP contribution in [0.5, 0.6) is 0 Å². The number of hydrogen-bond donors (Lipinski definition) is 3. The van der Waals surface area contributed by atoms with Crippen molar-refractivity contribution in [3.8, 4) is 0 Å². The van der Waals surface area contributed by atoms with Crippen molar-refractivity contribution in [3.63, 3.8) is 0 Å². The Morgan fingerprint density at radius 2 is 2.17 bits per heavy atom. The Labute approximate surface area is 136 Å². The molecule has 2 heterocycles. The molecule has 126 valence electrons. The number of aromatic nitrogens is 4. The van der Waals surface area contributed by atoms with E-state index in [1.54, 1.807) is 0 Å². The summed E-state index contributed by atoms with van der Waals surface area (Å²) >= 11 is 0. The Balaban J connectivity index is 1.92. The lowest BCUT2D eigenvalue weighted by Gasteiger charge is -2.15. The minimum Gasteiger partial charge on any atom is -0.394 e.